The number of nitrogens with zero attached hydrogens (tertiary/aromatic N) is 5. The van der Waals surface area contributed by atoms with Crippen LogP contribution in [0.15, 0.2) is 12.7 Å². The number of fused-ring (bicyclic) bond motifs is 1. The highest BCUT2D eigenvalue weighted by atomic mass is 15.3. The molecule has 0 radical (unpaired) electrons. The number of hydrogen-bond donors (Lipinski definition) is 1. The van der Waals surface area contributed by atoms with E-state index in [0.29, 0.717) is 0 Å². The van der Waals surface area contributed by atoms with Crippen LogP contribution in [-0.2, 0) is 6.67 Å². The van der Waals surface area contributed by atoms with E-state index in [9.17, 15) is 0 Å². The van der Waals surface area contributed by atoms with Gasteiger partial charge < -0.3 is 9.88 Å². The zero-order chi connectivity index (χ0) is 15.6. The molecule has 23 heavy (non-hydrogen) atoms. The molecule has 4 rings (SSSR count). The van der Waals surface area contributed by atoms with E-state index in [1.54, 1.807) is 6.33 Å². The van der Waals surface area contributed by atoms with Gasteiger partial charge >= 0.3 is 0 Å². The van der Waals surface area contributed by atoms with Gasteiger partial charge in [0.1, 0.15) is 11.8 Å². The van der Waals surface area contributed by atoms with Crippen molar-refractivity contribution in [1.82, 2.24) is 24.4 Å². The molecule has 0 bridgehead atoms. The molecule has 3 heterocycles. The van der Waals surface area contributed by atoms with Gasteiger partial charge in [-0.05, 0) is 37.5 Å². The highest BCUT2D eigenvalue weighted by Gasteiger charge is 2.23. The van der Waals surface area contributed by atoms with E-state index in [0.717, 1.165) is 42.0 Å². The number of hydrogen-bond acceptors (Lipinski definition) is 5. The Morgan fingerprint density at radius 1 is 1.17 bits per heavy atom. The third kappa shape index (κ3) is 3.32. The van der Waals surface area contributed by atoms with E-state index in [2.05, 4.69) is 36.7 Å². The summed E-state index contributed by atoms with van der Waals surface area (Å²) in [5, 5.41) is 3.44. The average molecular weight is 314 g/mol. The molecule has 124 valence electrons. The molecule has 2 aromatic heterocycles. The fourth-order valence-corrected chi connectivity index (χ4v) is 3.58. The molecule has 2 aromatic rings. The Morgan fingerprint density at radius 3 is 2.91 bits per heavy atom. The Labute approximate surface area is 137 Å². The minimum atomic E-state index is 0.821. The highest BCUT2D eigenvalue weighted by molar-refractivity contribution is 5.82. The molecular formula is C17H26N6. The zero-order valence-electron chi connectivity index (χ0n) is 13.9. The summed E-state index contributed by atoms with van der Waals surface area (Å²) < 4.78 is 2.16. The summed E-state index contributed by atoms with van der Waals surface area (Å²) >= 11 is 0. The molecule has 1 saturated heterocycles. The molecule has 2 fully saturated rings. The van der Waals surface area contributed by atoms with Crippen molar-refractivity contribution in [2.24, 2.45) is 11.8 Å². The lowest BCUT2D eigenvalue weighted by atomic mass is 10.0. The Morgan fingerprint density at radius 2 is 2.09 bits per heavy atom. The van der Waals surface area contributed by atoms with Gasteiger partial charge in [0, 0.05) is 19.6 Å². The van der Waals surface area contributed by atoms with Crippen molar-refractivity contribution in [1.29, 1.82) is 0 Å². The van der Waals surface area contributed by atoms with E-state index in [4.69, 9.17) is 0 Å². The van der Waals surface area contributed by atoms with Crippen LogP contribution < -0.4 is 5.32 Å². The van der Waals surface area contributed by atoms with Crippen molar-refractivity contribution in [3.63, 3.8) is 0 Å². The Hall–Kier alpha value is -1.69. The molecule has 1 atom stereocenters. The lowest BCUT2D eigenvalue weighted by Gasteiger charge is -2.16. The average Bonchev–Trinajstić information content (AvgIpc) is 3.15. The summed E-state index contributed by atoms with van der Waals surface area (Å²) in [4.78, 5) is 15.9. The van der Waals surface area contributed by atoms with Gasteiger partial charge in [-0.1, -0.05) is 13.3 Å². The molecule has 1 saturated carbocycles. The minimum absolute atomic E-state index is 0.821. The summed E-state index contributed by atoms with van der Waals surface area (Å²) in [7, 11) is 0. The fraction of sp³-hybridized carbons (Fsp3) is 0.706. The lowest BCUT2D eigenvalue weighted by Crippen LogP contribution is -2.23. The van der Waals surface area contributed by atoms with Crippen molar-refractivity contribution in [2.75, 3.05) is 25.0 Å². The molecule has 1 unspecified atom stereocenters. The van der Waals surface area contributed by atoms with Crippen LogP contribution in [-0.4, -0.2) is 44.1 Å². The van der Waals surface area contributed by atoms with Crippen molar-refractivity contribution in [3.8, 4) is 0 Å². The third-order valence-electron chi connectivity index (χ3n) is 5.08. The van der Waals surface area contributed by atoms with Crippen molar-refractivity contribution < 1.29 is 0 Å². The molecular weight excluding hydrogens is 288 g/mol. The first-order valence-electron chi connectivity index (χ1n) is 8.95. The van der Waals surface area contributed by atoms with Gasteiger partial charge in [-0.3, -0.25) is 4.90 Å². The number of likely N-dealkylation sites (tertiary alicyclic amines) is 1. The quantitative estimate of drug-likeness (QED) is 0.851. The SMILES string of the molecule is CCCC1CCN(Cn2cnc3c(NCC4CC4)ncnc32)C1. The first kappa shape index (κ1) is 14.9. The summed E-state index contributed by atoms with van der Waals surface area (Å²) in [6, 6.07) is 0. The van der Waals surface area contributed by atoms with Crippen LogP contribution in [0.3, 0.4) is 0 Å². The molecule has 0 spiro atoms. The van der Waals surface area contributed by atoms with Crippen LogP contribution in [0.4, 0.5) is 5.82 Å². The van der Waals surface area contributed by atoms with Gasteiger partial charge in [0.2, 0.25) is 0 Å². The van der Waals surface area contributed by atoms with Gasteiger partial charge in [0.25, 0.3) is 0 Å². The van der Waals surface area contributed by atoms with Crippen LogP contribution in [0.2, 0.25) is 0 Å². The monoisotopic (exact) mass is 314 g/mol. The molecule has 1 aliphatic heterocycles. The van der Waals surface area contributed by atoms with Crippen molar-refractivity contribution >= 4 is 17.0 Å². The predicted octanol–water partition coefficient (Wildman–Crippen LogP) is 2.73. The Balaban J connectivity index is 1.46. The minimum Gasteiger partial charge on any atom is -0.368 e. The summed E-state index contributed by atoms with van der Waals surface area (Å²) in [6.07, 6.45) is 10.2. The van der Waals surface area contributed by atoms with Gasteiger partial charge in [-0.2, -0.15) is 0 Å². The lowest BCUT2D eigenvalue weighted by molar-refractivity contribution is 0.261. The second kappa shape index (κ2) is 6.43. The van der Waals surface area contributed by atoms with Gasteiger partial charge in [0.15, 0.2) is 11.5 Å². The molecule has 6 nitrogen and oxygen atoms in total. The van der Waals surface area contributed by atoms with Crippen molar-refractivity contribution in [3.05, 3.63) is 12.7 Å². The van der Waals surface area contributed by atoms with Crippen LogP contribution in [0, 0.1) is 11.8 Å². The van der Waals surface area contributed by atoms with Crippen LogP contribution in [0.5, 0.6) is 0 Å². The maximum atomic E-state index is 4.56. The molecule has 6 heteroatoms. The maximum absolute atomic E-state index is 4.56. The molecule has 1 aliphatic carbocycles. The second-order valence-electron chi connectivity index (χ2n) is 7.09. The van der Waals surface area contributed by atoms with Gasteiger partial charge in [0.05, 0.1) is 13.0 Å². The molecule has 1 N–H and O–H groups in total. The fourth-order valence-electron chi connectivity index (χ4n) is 3.58. The topological polar surface area (TPSA) is 58.9 Å². The van der Waals surface area contributed by atoms with Crippen LogP contribution in [0.1, 0.15) is 39.0 Å². The largest absolute Gasteiger partial charge is 0.368 e. The second-order valence-corrected chi connectivity index (χ2v) is 7.09. The number of nitrogens with one attached hydrogen (secondary N) is 1. The predicted molar refractivity (Wildman–Crippen MR) is 91.1 cm³/mol. The van der Waals surface area contributed by atoms with Crippen LogP contribution in [0.25, 0.3) is 11.2 Å². The van der Waals surface area contributed by atoms with E-state index < -0.39 is 0 Å². The molecule has 0 amide bonds. The molecule has 2 aliphatic rings. The summed E-state index contributed by atoms with van der Waals surface area (Å²) in [6.45, 7) is 6.55. The van der Waals surface area contributed by atoms with E-state index in [-0.39, 0.29) is 0 Å². The molecule has 0 aromatic carbocycles. The van der Waals surface area contributed by atoms with E-state index in [1.165, 1.54) is 45.2 Å². The highest BCUT2D eigenvalue weighted by Crippen LogP contribution is 2.29. The first-order chi connectivity index (χ1) is 11.3. The summed E-state index contributed by atoms with van der Waals surface area (Å²) in [5.41, 5.74) is 1.84. The van der Waals surface area contributed by atoms with E-state index in [1.807, 2.05) is 6.33 Å². The summed E-state index contributed by atoms with van der Waals surface area (Å²) in [5.74, 6) is 2.56. The van der Waals surface area contributed by atoms with Crippen LogP contribution >= 0.6 is 0 Å². The maximum Gasteiger partial charge on any atom is 0.166 e. The normalized spacial score (nSPS) is 22.0. The number of rotatable bonds is 7. The Bertz CT molecular complexity index is 662. The number of anilines is 1. The van der Waals surface area contributed by atoms with Gasteiger partial charge in [-0.25, -0.2) is 15.0 Å². The standard InChI is InChI=1S/C17H26N6/c1-2-3-14-6-7-22(9-14)12-23-11-21-15-16(18-8-13-4-5-13)19-10-20-17(15)23/h10-11,13-14H,2-9,12H2,1H3,(H,18,19,20). The van der Waals surface area contributed by atoms with E-state index >= 15 is 0 Å². The first-order valence-corrected chi connectivity index (χ1v) is 8.95. The number of aromatic nitrogens is 4. The Kier molecular flexibility index (Phi) is 4.16. The van der Waals surface area contributed by atoms with Gasteiger partial charge in [-0.15, -0.1) is 0 Å². The zero-order valence-corrected chi connectivity index (χ0v) is 13.9. The van der Waals surface area contributed by atoms with Crippen molar-refractivity contribution in [2.45, 2.75) is 45.7 Å². The smallest absolute Gasteiger partial charge is 0.166 e. The third-order valence-corrected chi connectivity index (χ3v) is 5.08. The number of imidazole rings is 1.